The summed E-state index contributed by atoms with van der Waals surface area (Å²) in [5, 5.41) is 20.6. The molecular formula is C21H29NO4. The van der Waals surface area contributed by atoms with Crippen LogP contribution in [0.5, 0.6) is 0 Å². The van der Waals surface area contributed by atoms with Gasteiger partial charge < -0.3 is 15.9 Å². The molecule has 5 unspecified atom stereocenters. The molecule has 5 nitrogen and oxygen atoms in total. The van der Waals surface area contributed by atoms with E-state index in [1.54, 1.807) is 12.2 Å². The number of carbonyl (C=O) groups is 2. The number of fused-ring (bicyclic) bond motifs is 5. The van der Waals surface area contributed by atoms with E-state index in [0.717, 1.165) is 24.8 Å². The van der Waals surface area contributed by atoms with Crippen LogP contribution in [-0.2, 0) is 9.59 Å². The summed E-state index contributed by atoms with van der Waals surface area (Å²) in [4.78, 5) is 24.2. The highest BCUT2D eigenvalue weighted by molar-refractivity contribution is 6.01. The smallest absolute Gasteiger partial charge is 0.178 e. The molecule has 26 heavy (non-hydrogen) atoms. The van der Waals surface area contributed by atoms with Gasteiger partial charge in [0.25, 0.3) is 0 Å². The summed E-state index contributed by atoms with van der Waals surface area (Å²) in [6, 6.07) is -0.260. The molecule has 3 saturated carbocycles. The molecule has 4 N–H and O–H groups in total. The quantitative estimate of drug-likeness (QED) is 0.691. The monoisotopic (exact) mass is 359 g/mol. The van der Waals surface area contributed by atoms with E-state index in [1.807, 2.05) is 6.08 Å². The zero-order valence-corrected chi connectivity index (χ0v) is 15.5. The van der Waals surface area contributed by atoms with Crippen LogP contribution in [0.15, 0.2) is 23.8 Å². The third-order valence-electron chi connectivity index (χ3n) is 8.10. The van der Waals surface area contributed by atoms with E-state index < -0.39 is 12.7 Å². The highest BCUT2D eigenvalue weighted by Gasteiger charge is 2.64. The van der Waals surface area contributed by atoms with Gasteiger partial charge in [0.1, 0.15) is 6.61 Å². The lowest BCUT2D eigenvalue weighted by Crippen LogP contribution is -2.56. The van der Waals surface area contributed by atoms with Gasteiger partial charge in [0.15, 0.2) is 11.6 Å². The Balaban J connectivity index is 1.74. The molecule has 0 bridgehead atoms. The van der Waals surface area contributed by atoms with Gasteiger partial charge >= 0.3 is 0 Å². The first-order chi connectivity index (χ1) is 12.2. The molecule has 0 aromatic rings. The summed E-state index contributed by atoms with van der Waals surface area (Å²) < 4.78 is 0. The highest BCUT2D eigenvalue weighted by atomic mass is 16.3. The molecule has 0 heterocycles. The Morgan fingerprint density at radius 3 is 2.81 bits per heavy atom. The Morgan fingerprint density at radius 1 is 1.38 bits per heavy atom. The summed E-state index contributed by atoms with van der Waals surface area (Å²) in [5.41, 5.74) is 6.82. The molecule has 0 radical (unpaired) electrons. The minimum absolute atomic E-state index is 0.0301. The molecule has 142 valence electrons. The van der Waals surface area contributed by atoms with Gasteiger partial charge in [-0.3, -0.25) is 9.59 Å². The van der Waals surface area contributed by atoms with Crippen molar-refractivity contribution < 1.29 is 19.8 Å². The van der Waals surface area contributed by atoms with Gasteiger partial charge in [-0.1, -0.05) is 25.5 Å². The van der Waals surface area contributed by atoms with Crippen LogP contribution in [0.25, 0.3) is 0 Å². The molecule has 3 fully saturated rings. The maximum atomic E-state index is 12.4. The van der Waals surface area contributed by atoms with Crippen LogP contribution in [0, 0.1) is 34.5 Å². The van der Waals surface area contributed by atoms with Crippen molar-refractivity contribution in [2.24, 2.45) is 40.2 Å². The number of hydrogen-bond donors (Lipinski definition) is 3. The normalized spacial score (nSPS) is 49.9. The van der Waals surface area contributed by atoms with Crippen LogP contribution >= 0.6 is 0 Å². The average Bonchev–Trinajstić information content (AvgIpc) is 2.84. The van der Waals surface area contributed by atoms with Crippen LogP contribution in [0.2, 0.25) is 0 Å². The summed E-state index contributed by atoms with van der Waals surface area (Å²) in [7, 11) is 0. The molecule has 0 aliphatic heterocycles. The van der Waals surface area contributed by atoms with Crippen molar-refractivity contribution in [2.75, 3.05) is 6.61 Å². The molecular weight excluding hydrogens is 330 g/mol. The summed E-state index contributed by atoms with van der Waals surface area (Å²) in [5.74, 6) is 0.0185. The minimum atomic E-state index is -0.549. The van der Waals surface area contributed by atoms with E-state index in [4.69, 9.17) is 5.73 Å². The van der Waals surface area contributed by atoms with Crippen molar-refractivity contribution in [2.45, 2.75) is 51.7 Å². The maximum absolute atomic E-state index is 12.4. The standard InChI is InChI=1S/C21H29NO4/c1-20-6-5-12(24)7-11(20)3-4-13-14-8-15(22)19(17(26)10-23)21(14,2)9-16(25)18(13)20/h5-7,13-16,18-19,23,25H,3-4,8-10,22H2,1-2H3/t13?,14?,15-,16+,18?,19?,20-,21?/m0/s1. The summed E-state index contributed by atoms with van der Waals surface area (Å²) in [6.45, 7) is 3.73. The van der Waals surface area contributed by atoms with Crippen molar-refractivity contribution in [3.8, 4) is 0 Å². The van der Waals surface area contributed by atoms with Crippen LogP contribution in [0.3, 0.4) is 0 Å². The molecule has 0 aromatic carbocycles. The van der Waals surface area contributed by atoms with Crippen molar-refractivity contribution in [3.05, 3.63) is 23.8 Å². The summed E-state index contributed by atoms with van der Waals surface area (Å²) in [6.07, 6.45) is 7.86. The number of aliphatic hydroxyl groups excluding tert-OH is 2. The van der Waals surface area contributed by atoms with E-state index in [2.05, 4.69) is 13.8 Å². The molecule has 4 rings (SSSR count). The van der Waals surface area contributed by atoms with Crippen LogP contribution < -0.4 is 5.73 Å². The minimum Gasteiger partial charge on any atom is -0.393 e. The topological polar surface area (TPSA) is 101 Å². The Bertz CT molecular complexity index is 713. The molecule has 4 aliphatic carbocycles. The lowest BCUT2D eigenvalue weighted by molar-refractivity contribution is -0.141. The van der Waals surface area contributed by atoms with Crippen molar-refractivity contribution in [3.63, 3.8) is 0 Å². The van der Waals surface area contributed by atoms with Gasteiger partial charge in [-0.05, 0) is 55.1 Å². The second-order valence-electron chi connectivity index (χ2n) is 9.30. The lowest BCUT2D eigenvalue weighted by atomic mass is 9.46. The van der Waals surface area contributed by atoms with Crippen molar-refractivity contribution >= 4 is 11.6 Å². The first-order valence-corrected chi connectivity index (χ1v) is 9.74. The van der Waals surface area contributed by atoms with Gasteiger partial charge in [0.05, 0.1) is 6.10 Å². The second-order valence-corrected chi connectivity index (χ2v) is 9.30. The molecule has 8 atom stereocenters. The Morgan fingerprint density at radius 2 is 2.12 bits per heavy atom. The number of hydrogen-bond acceptors (Lipinski definition) is 5. The Kier molecular flexibility index (Phi) is 4.07. The van der Waals surface area contributed by atoms with Crippen molar-refractivity contribution in [1.29, 1.82) is 0 Å². The first-order valence-electron chi connectivity index (χ1n) is 9.74. The third kappa shape index (κ3) is 2.26. The third-order valence-corrected chi connectivity index (χ3v) is 8.10. The van der Waals surface area contributed by atoms with E-state index in [0.29, 0.717) is 6.42 Å². The number of ketones is 2. The van der Waals surface area contributed by atoms with E-state index in [1.165, 1.54) is 0 Å². The average molecular weight is 359 g/mol. The van der Waals surface area contributed by atoms with Crippen molar-refractivity contribution in [1.82, 2.24) is 0 Å². The Hall–Kier alpha value is -1.30. The van der Waals surface area contributed by atoms with Crippen LogP contribution in [0.4, 0.5) is 0 Å². The zero-order chi connectivity index (χ0) is 18.9. The first kappa shape index (κ1) is 18.1. The molecule has 0 amide bonds. The number of aliphatic hydroxyl groups is 2. The highest BCUT2D eigenvalue weighted by Crippen LogP contribution is 2.65. The fourth-order valence-electron chi connectivity index (χ4n) is 7.13. The van der Waals surface area contributed by atoms with E-state index >= 15 is 0 Å². The zero-order valence-electron chi connectivity index (χ0n) is 15.5. The number of rotatable bonds is 2. The van der Waals surface area contributed by atoms with Crippen LogP contribution in [-0.4, -0.2) is 40.5 Å². The van der Waals surface area contributed by atoms with E-state index in [-0.39, 0.29) is 52.1 Å². The van der Waals surface area contributed by atoms with Gasteiger partial charge in [0, 0.05) is 23.3 Å². The molecule has 0 spiro atoms. The number of Topliss-reactive ketones (excluding diaryl/α,β-unsaturated/α-hetero) is 1. The molecule has 0 saturated heterocycles. The van der Waals surface area contributed by atoms with Gasteiger partial charge in [-0.15, -0.1) is 0 Å². The largest absolute Gasteiger partial charge is 0.393 e. The van der Waals surface area contributed by atoms with E-state index in [9.17, 15) is 19.8 Å². The number of allylic oxidation sites excluding steroid dienone is 4. The predicted octanol–water partition coefficient (Wildman–Crippen LogP) is 1.38. The lowest BCUT2D eigenvalue weighted by Gasteiger charge is -2.58. The fourth-order valence-corrected chi connectivity index (χ4v) is 7.13. The molecule has 4 aliphatic rings. The Labute approximate surface area is 154 Å². The summed E-state index contributed by atoms with van der Waals surface area (Å²) >= 11 is 0. The number of carbonyl (C=O) groups excluding carboxylic acids is 2. The molecule has 0 aromatic heterocycles. The van der Waals surface area contributed by atoms with Gasteiger partial charge in [-0.25, -0.2) is 0 Å². The predicted molar refractivity (Wildman–Crippen MR) is 96.9 cm³/mol. The number of nitrogens with two attached hydrogens (primary N) is 1. The fraction of sp³-hybridized carbons (Fsp3) is 0.714. The van der Waals surface area contributed by atoms with Gasteiger partial charge in [-0.2, -0.15) is 0 Å². The SMILES string of the molecule is CC12C[C@@H](O)C3C(CCC4=CC(=O)C=C[C@@]43C)C1C[C@H](N)C2C(=O)CO. The van der Waals surface area contributed by atoms with Gasteiger partial charge in [0.2, 0.25) is 0 Å². The second kappa shape index (κ2) is 5.85. The van der Waals surface area contributed by atoms with Crippen LogP contribution in [0.1, 0.15) is 39.5 Å². The molecule has 5 heteroatoms. The maximum Gasteiger partial charge on any atom is 0.178 e.